The number of hydrogen-bond acceptors (Lipinski definition) is 3. The Balaban J connectivity index is 3.14. The topological polar surface area (TPSA) is 49.7 Å². The summed E-state index contributed by atoms with van der Waals surface area (Å²) in [5.41, 5.74) is 0. The maximum absolute atomic E-state index is 8.53. The van der Waals surface area contributed by atoms with Gasteiger partial charge in [0.2, 0.25) is 0 Å². The van der Waals surface area contributed by atoms with E-state index < -0.39 is 0 Å². The van der Waals surface area contributed by atoms with Crippen LogP contribution in [-0.4, -0.2) is 23.4 Å². The van der Waals surface area contributed by atoms with Gasteiger partial charge in [-0.05, 0) is 50.7 Å². The summed E-state index contributed by atoms with van der Waals surface area (Å²) in [6.45, 7) is 0.527. The van der Waals surface area contributed by atoms with E-state index in [0.717, 1.165) is 38.5 Å². The lowest BCUT2D eigenvalue weighted by molar-refractivity contribution is 0.285. The average molecular weight is 214 g/mol. The molecular formula is C12H22O3. The van der Waals surface area contributed by atoms with E-state index in [-0.39, 0.29) is 13.2 Å². The molecule has 0 aliphatic heterocycles. The highest BCUT2D eigenvalue weighted by atomic mass is 16.5. The first-order valence-corrected chi connectivity index (χ1v) is 5.59. The summed E-state index contributed by atoms with van der Waals surface area (Å²) >= 11 is 0. The SMILES string of the molecule is OCCCCC=COC=CCCCCO. The summed E-state index contributed by atoms with van der Waals surface area (Å²) in [5, 5.41) is 17.1. The van der Waals surface area contributed by atoms with E-state index in [1.54, 1.807) is 12.5 Å². The minimum Gasteiger partial charge on any atom is -0.473 e. The van der Waals surface area contributed by atoms with Crippen molar-refractivity contribution in [1.82, 2.24) is 0 Å². The Kier molecular flexibility index (Phi) is 12.5. The molecule has 0 spiro atoms. The monoisotopic (exact) mass is 214 g/mol. The van der Waals surface area contributed by atoms with Gasteiger partial charge in [0.1, 0.15) is 0 Å². The minimum atomic E-state index is 0.263. The third-order valence-electron chi connectivity index (χ3n) is 1.91. The molecule has 0 aromatic heterocycles. The largest absolute Gasteiger partial charge is 0.473 e. The molecule has 3 nitrogen and oxygen atoms in total. The maximum atomic E-state index is 8.53. The molecule has 0 radical (unpaired) electrons. The van der Waals surface area contributed by atoms with Crippen LogP contribution in [-0.2, 0) is 4.74 Å². The predicted molar refractivity (Wildman–Crippen MR) is 61.2 cm³/mol. The molecule has 0 unspecified atom stereocenters. The number of ether oxygens (including phenoxy) is 1. The van der Waals surface area contributed by atoms with Crippen molar-refractivity contribution in [3.05, 3.63) is 24.7 Å². The van der Waals surface area contributed by atoms with Gasteiger partial charge in [-0.3, -0.25) is 0 Å². The molecule has 88 valence electrons. The van der Waals surface area contributed by atoms with Crippen molar-refractivity contribution in [2.24, 2.45) is 0 Å². The lowest BCUT2D eigenvalue weighted by atomic mass is 10.2. The summed E-state index contributed by atoms with van der Waals surface area (Å²) in [6.07, 6.45) is 12.8. The minimum absolute atomic E-state index is 0.263. The summed E-state index contributed by atoms with van der Waals surface area (Å²) in [6, 6.07) is 0. The van der Waals surface area contributed by atoms with Gasteiger partial charge in [0.25, 0.3) is 0 Å². The molecule has 0 aliphatic carbocycles. The Hall–Kier alpha value is -0.800. The Morgan fingerprint density at radius 2 is 1.20 bits per heavy atom. The fourth-order valence-electron chi connectivity index (χ4n) is 1.04. The summed E-state index contributed by atoms with van der Waals surface area (Å²) in [4.78, 5) is 0. The number of aliphatic hydroxyl groups is 2. The van der Waals surface area contributed by atoms with Gasteiger partial charge in [0, 0.05) is 13.2 Å². The van der Waals surface area contributed by atoms with E-state index >= 15 is 0 Å². The number of unbranched alkanes of at least 4 members (excludes halogenated alkanes) is 4. The van der Waals surface area contributed by atoms with Crippen LogP contribution >= 0.6 is 0 Å². The quantitative estimate of drug-likeness (QED) is 0.433. The van der Waals surface area contributed by atoms with Crippen molar-refractivity contribution >= 4 is 0 Å². The van der Waals surface area contributed by atoms with Gasteiger partial charge >= 0.3 is 0 Å². The number of rotatable bonds is 10. The highest BCUT2D eigenvalue weighted by Crippen LogP contribution is 1.97. The second-order valence-electron chi connectivity index (χ2n) is 3.32. The number of hydrogen-bond donors (Lipinski definition) is 2. The van der Waals surface area contributed by atoms with Crippen molar-refractivity contribution in [3.63, 3.8) is 0 Å². The van der Waals surface area contributed by atoms with Crippen LogP contribution in [0.5, 0.6) is 0 Å². The molecule has 15 heavy (non-hydrogen) atoms. The van der Waals surface area contributed by atoms with Gasteiger partial charge in [0.05, 0.1) is 12.5 Å². The van der Waals surface area contributed by atoms with Crippen LogP contribution in [0.1, 0.15) is 38.5 Å². The molecule has 0 bridgehead atoms. The van der Waals surface area contributed by atoms with Gasteiger partial charge < -0.3 is 14.9 Å². The Bertz CT molecular complexity index is 146. The van der Waals surface area contributed by atoms with Crippen molar-refractivity contribution in [3.8, 4) is 0 Å². The first-order chi connectivity index (χ1) is 7.41. The second-order valence-corrected chi connectivity index (χ2v) is 3.32. The molecule has 3 heteroatoms. The van der Waals surface area contributed by atoms with Gasteiger partial charge in [-0.1, -0.05) is 0 Å². The Morgan fingerprint density at radius 1 is 0.733 bits per heavy atom. The first kappa shape index (κ1) is 14.2. The molecule has 0 fully saturated rings. The highest BCUT2D eigenvalue weighted by molar-refractivity contribution is 4.79. The molecule has 0 aliphatic rings. The lowest BCUT2D eigenvalue weighted by Gasteiger charge is -1.93. The number of aliphatic hydroxyl groups excluding tert-OH is 2. The predicted octanol–water partition coefficient (Wildman–Crippen LogP) is 2.36. The smallest absolute Gasteiger partial charge is 0.0861 e. The van der Waals surface area contributed by atoms with Crippen LogP contribution in [0.3, 0.4) is 0 Å². The lowest BCUT2D eigenvalue weighted by Crippen LogP contribution is -1.81. The van der Waals surface area contributed by atoms with E-state index in [9.17, 15) is 0 Å². The molecular weight excluding hydrogens is 192 g/mol. The van der Waals surface area contributed by atoms with Crippen LogP contribution in [0.2, 0.25) is 0 Å². The zero-order chi connectivity index (χ0) is 11.2. The van der Waals surface area contributed by atoms with Crippen LogP contribution in [0.4, 0.5) is 0 Å². The average Bonchev–Trinajstić information content (AvgIpc) is 2.26. The normalized spacial score (nSPS) is 11.6. The zero-order valence-electron chi connectivity index (χ0n) is 9.27. The summed E-state index contributed by atoms with van der Waals surface area (Å²) in [7, 11) is 0. The van der Waals surface area contributed by atoms with Crippen LogP contribution in [0.15, 0.2) is 24.7 Å². The van der Waals surface area contributed by atoms with Crippen molar-refractivity contribution < 1.29 is 14.9 Å². The third-order valence-corrected chi connectivity index (χ3v) is 1.91. The van der Waals surface area contributed by atoms with Crippen molar-refractivity contribution in [1.29, 1.82) is 0 Å². The third kappa shape index (κ3) is 13.2. The first-order valence-electron chi connectivity index (χ1n) is 5.59. The molecule has 0 aromatic rings. The fourth-order valence-corrected chi connectivity index (χ4v) is 1.04. The van der Waals surface area contributed by atoms with Gasteiger partial charge in [-0.2, -0.15) is 0 Å². The van der Waals surface area contributed by atoms with Gasteiger partial charge in [-0.15, -0.1) is 0 Å². The molecule has 0 atom stereocenters. The second kappa shape index (κ2) is 13.2. The molecule has 0 saturated carbocycles. The van der Waals surface area contributed by atoms with Crippen molar-refractivity contribution in [2.75, 3.05) is 13.2 Å². The molecule has 0 amide bonds. The van der Waals surface area contributed by atoms with Crippen LogP contribution in [0, 0.1) is 0 Å². The maximum Gasteiger partial charge on any atom is 0.0861 e. The van der Waals surface area contributed by atoms with E-state index in [1.807, 2.05) is 12.2 Å². The van der Waals surface area contributed by atoms with Crippen LogP contribution in [0.25, 0.3) is 0 Å². The summed E-state index contributed by atoms with van der Waals surface area (Å²) in [5.74, 6) is 0. The highest BCUT2D eigenvalue weighted by Gasteiger charge is 1.83. The Morgan fingerprint density at radius 3 is 1.60 bits per heavy atom. The molecule has 0 heterocycles. The van der Waals surface area contributed by atoms with E-state index in [1.165, 1.54) is 0 Å². The Labute approximate surface area is 92.1 Å². The molecule has 2 N–H and O–H groups in total. The van der Waals surface area contributed by atoms with Crippen LogP contribution < -0.4 is 0 Å². The molecule has 0 saturated heterocycles. The molecule has 0 rings (SSSR count). The number of allylic oxidation sites excluding steroid dienone is 2. The van der Waals surface area contributed by atoms with E-state index in [4.69, 9.17) is 14.9 Å². The zero-order valence-corrected chi connectivity index (χ0v) is 9.27. The fraction of sp³-hybridized carbons (Fsp3) is 0.667. The standard InChI is InChI=1S/C12H22O3/c13-9-5-1-3-7-11-15-12-8-4-2-6-10-14/h7-8,11-14H,1-6,9-10H2. The van der Waals surface area contributed by atoms with Gasteiger partial charge in [-0.25, -0.2) is 0 Å². The van der Waals surface area contributed by atoms with E-state index in [0.29, 0.717) is 0 Å². The van der Waals surface area contributed by atoms with Crippen molar-refractivity contribution in [2.45, 2.75) is 38.5 Å². The van der Waals surface area contributed by atoms with Gasteiger partial charge in [0.15, 0.2) is 0 Å². The summed E-state index contributed by atoms with van der Waals surface area (Å²) < 4.78 is 5.11. The van der Waals surface area contributed by atoms with E-state index in [2.05, 4.69) is 0 Å². The molecule has 0 aromatic carbocycles.